The van der Waals surface area contributed by atoms with Crippen LogP contribution in [0.25, 0.3) is 0 Å². The van der Waals surface area contributed by atoms with Gasteiger partial charge in [0.15, 0.2) is 0 Å². The highest BCUT2D eigenvalue weighted by Gasteiger charge is 2.42. The molecule has 2 aromatic carbocycles. The van der Waals surface area contributed by atoms with Crippen molar-refractivity contribution in [2.45, 2.75) is 63.1 Å². The lowest BCUT2D eigenvalue weighted by Gasteiger charge is -2.45. The highest BCUT2D eigenvalue weighted by Crippen LogP contribution is 2.49. The lowest BCUT2D eigenvalue weighted by atomic mass is 9.80. The number of alkyl halides is 3. The van der Waals surface area contributed by atoms with Gasteiger partial charge in [-0.05, 0) is 72.9 Å². The van der Waals surface area contributed by atoms with E-state index in [0.717, 1.165) is 61.5 Å². The number of aryl methyl sites for hydroxylation is 1. The average Bonchev–Trinajstić information content (AvgIpc) is 3.64. The van der Waals surface area contributed by atoms with Gasteiger partial charge in [-0.2, -0.15) is 13.2 Å². The summed E-state index contributed by atoms with van der Waals surface area (Å²) in [4.78, 5) is 13.7. The standard InChI is InChI=1S/C27H30F3NO3/c1-17(25(32)33)24(19-6-7-19)20-8-5-18-9-10-26(34-23(18)15-20)11-13-31(14-12-26)22-4-2-3-21(16-22)27(28,29)30/h2-5,8,15-17,19,24H,6-7,9-14H2,1H3,(H,32,33). The Bertz CT molecular complexity index is 1070. The number of piperidine rings is 1. The van der Waals surface area contributed by atoms with Crippen molar-refractivity contribution in [3.8, 4) is 5.75 Å². The first-order valence-electron chi connectivity index (χ1n) is 12.1. The number of rotatable bonds is 5. The Morgan fingerprint density at radius 1 is 1.12 bits per heavy atom. The van der Waals surface area contributed by atoms with Gasteiger partial charge in [-0.25, -0.2) is 0 Å². The maximum atomic E-state index is 13.1. The van der Waals surface area contributed by atoms with E-state index >= 15 is 0 Å². The number of fused-ring (bicyclic) bond motifs is 1. The first-order chi connectivity index (χ1) is 16.2. The summed E-state index contributed by atoms with van der Waals surface area (Å²) in [6.45, 7) is 3.06. The average molecular weight is 474 g/mol. The molecule has 0 aromatic heterocycles. The third kappa shape index (κ3) is 4.49. The Hall–Kier alpha value is -2.70. The second kappa shape index (κ2) is 8.51. The molecular weight excluding hydrogens is 443 g/mol. The molecule has 1 saturated heterocycles. The zero-order valence-electron chi connectivity index (χ0n) is 19.3. The molecule has 2 fully saturated rings. The molecule has 1 aliphatic carbocycles. The number of aliphatic carboxylic acids is 1. The number of ether oxygens (including phenoxy) is 1. The van der Waals surface area contributed by atoms with Crippen molar-refractivity contribution in [1.82, 2.24) is 0 Å². The lowest BCUT2D eigenvalue weighted by molar-refractivity contribution is -0.142. The van der Waals surface area contributed by atoms with Gasteiger partial charge in [-0.3, -0.25) is 4.79 Å². The number of hydrogen-bond acceptors (Lipinski definition) is 3. The molecule has 4 nitrogen and oxygen atoms in total. The van der Waals surface area contributed by atoms with E-state index in [4.69, 9.17) is 4.74 Å². The quantitative estimate of drug-likeness (QED) is 0.555. The third-order valence-electron chi connectivity index (χ3n) is 7.92. The van der Waals surface area contributed by atoms with Crippen molar-refractivity contribution in [3.05, 3.63) is 59.2 Å². The monoisotopic (exact) mass is 473 g/mol. The molecule has 34 heavy (non-hydrogen) atoms. The molecule has 2 heterocycles. The molecule has 2 unspecified atom stereocenters. The normalized spacial score (nSPS) is 21.5. The van der Waals surface area contributed by atoms with Gasteiger partial charge in [0.25, 0.3) is 0 Å². The molecule has 5 rings (SSSR count). The highest BCUT2D eigenvalue weighted by molar-refractivity contribution is 5.71. The fourth-order valence-electron chi connectivity index (χ4n) is 5.71. The van der Waals surface area contributed by atoms with Crippen LogP contribution < -0.4 is 9.64 Å². The number of benzene rings is 2. The SMILES string of the molecule is CC(C(=O)O)C(c1ccc2c(c1)OC1(CC2)CCN(c2cccc(C(F)(F)F)c2)CC1)C1CC1. The van der Waals surface area contributed by atoms with E-state index in [-0.39, 0.29) is 11.5 Å². The smallest absolute Gasteiger partial charge is 0.416 e. The van der Waals surface area contributed by atoms with Crippen LogP contribution in [-0.2, 0) is 17.4 Å². The topological polar surface area (TPSA) is 49.8 Å². The minimum absolute atomic E-state index is 0.00738. The summed E-state index contributed by atoms with van der Waals surface area (Å²) in [7, 11) is 0. The van der Waals surface area contributed by atoms with E-state index in [0.29, 0.717) is 24.7 Å². The molecule has 0 bridgehead atoms. The van der Waals surface area contributed by atoms with E-state index in [9.17, 15) is 23.1 Å². The minimum atomic E-state index is -4.35. The number of anilines is 1. The first kappa shape index (κ1) is 23.1. The Morgan fingerprint density at radius 3 is 2.50 bits per heavy atom. The maximum Gasteiger partial charge on any atom is 0.416 e. The maximum absolute atomic E-state index is 13.1. The van der Waals surface area contributed by atoms with Gasteiger partial charge in [0.2, 0.25) is 0 Å². The number of nitrogens with zero attached hydrogens (tertiary/aromatic N) is 1. The van der Waals surface area contributed by atoms with E-state index < -0.39 is 23.6 Å². The first-order valence-corrected chi connectivity index (χ1v) is 12.1. The van der Waals surface area contributed by atoms with Gasteiger partial charge < -0.3 is 14.7 Å². The zero-order chi connectivity index (χ0) is 24.1. The number of halogens is 3. The van der Waals surface area contributed by atoms with Crippen LogP contribution >= 0.6 is 0 Å². The Labute approximate surface area is 197 Å². The summed E-state index contributed by atoms with van der Waals surface area (Å²) in [6.07, 6.45) is 1.03. The highest BCUT2D eigenvalue weighted by atomic mass is 19.4. The predicted octanol–water partition coefficient (Wildman–Crippen LogP) is 6.28. The van der Waals surface area contributed by atoms with Gasteiger partial charge in [0, 0.05) is 31.6 Å². The largest absolute Gasteiger partial charge is 0.487 e. The van der Waals surface area contributed by atoms with Crippen LogP contribution in [-0.4, -0.2) is 29.8 Å². The van der Waals surface area contributed by atoms with Gasteiger partial charge in [-0.1, -0.05) is 25.1 Å². The summed E-state index contributed by atoms with van der Waals surface area (Å²) in [6, 6.07) is 11.7. The van der Waals surface area contributed by atoms with E-state index in [1.807, 2.05) is 4.90 Å². The van der Waals surface area contributed by atoms with Crippen molar-refractivity contribution in [2.75, 3.05) is 18.0 Å². The number of carbonyl (C=O) groups is 1. The Balaban J connectivity index is 1.31. The third-order valence-corrected chi connectivity index (χ3v) is 7.92. The predicted molar refractivity (Wildman–Crippen MR) is 123 cm³/mol. The van der Waals surface area contributed by atoms with Crippen molar-refractivity contribution < 1.29 is 27.8 Å². The molecular formula is C27H30F3NO3. The lowest BCUT2D eigenvalue weighted by Crippen LogP contribution is -2.49. The molecule has 182 valence electrons. The van der Waals surface area contributed by atoms with Crippen LogP contribution in [0.15, 0.2) is 42.5 Å². The molecule has 0 radical (unpaired) electrons. The fraction of sp³-hybridized carbons (Fsp3) is 0.519. The van der Waals surface area contributed by atoms with Crippen LogP contribution in [0.1, 0.15) is 61.6 Å². The second-order valence-electron chi connectivity index (χ2n) is 10.2. The van der Waals surface area contributed by atoms with Gasteiger partial charge >= 0.3 is 12.1 Å². The van der Waals surface area contributed by atoms with E-state index in [2.05, 4.69) is 18.2 Å². The Kier molecular flexibility index (Phi) is 5.77. The van der Waals surface area contributed by atoms with E-state index in [1.54, 1.807) is 13.0 Å². The molecule has 2 aromatic rings. The van der Waals surface area contributed by atoms with Crippen molar-refractivity contribution in [1.29, 1.82) is 0 Å². The van der Waals surface area contributed by atoms with Crippen LogP contribution in [0.4, 0.5) is 18.9 Å². The zero-order valence-corrected chi connectivity index (χ0v) is 19.3. The molecule has 0 amide bonds. The second-order valence-corrected chi connectivity index (χ2v) is 10.2. The molecule has 7 heteroatoms. The van der Waals surface area contributed by atoms with Gasteiger partial charge in [0.1, 0.15) is 11.4 Å². The molecule has 2 aliphatic heterocycles. The Morgan fingerprint density at radius 2 is 1.85 bits per heavy atom. The molecule has 3 aliphatic rings. The van der Waals surface area contributed by atoms with Gasteiger partial charge in [0.05, 0.1) is 11.5 Å². The molecule has 1 saturated carbocycles. The summed E-state index contributed by atoms with van der Waals surface area (Å²) in [5, 5.41) is 9.61. The molecule has 1 spiro atoms. The molecule has 1 N–H and O–H groups in total. The van der Waals surface area contributed by atoms with Crippen molar-refractivity contribution >= 4 is 11.7 Å². The number of carboxylic acid groups (broad SMARTS) is 1. The number of carboxylic acids is 1. The van der Waals surface area contributed by atoms with Crippen molar-refractivity contribution in [3.63, 3.8) is 0 Å². The minimum Gasteiger partial charge on any atom is -0.487 e. The molecule has 2 atom stereocenters. The summed E-state index contributed by atoms with van der Waals surface area (Å²) < 4.78 is 46.0. The fourth-order valence-corrected chi connectivity index (χ4v) is 5.71. The summed E-state index contributed by atoms with van der Waals surface area (Å²) in [5.41, 5.74) is 1.83. The summed E-state index contributed by atoms with van der Waals surface area (Å²) in [5.74, 6) is 0.0386. The summed E-state index contributed by atoms with van der Waals surface area (Å²) >= 11 is 0. The van der Waals surface area contributed by atoms with E-state index in [1.165, 1.54) is 12.1 Å². The van der Waals surface area contributed by atoms with Crippen LogP contribution in [0, 0.1) is 11.8 Å². The number of hydrogen-bond donors (Lipinski definition) is 1. The van der Waals surface area contributed by atoms with Crippen molar-refractivity contribution in [2.24, 2.45) is 11.8 Å². The van der Waals surface area contributed by atoms with Crippen LogP contribution in [0.2, 0.25) is 0 Å². The van der Waals surface area contributed by atoms with Crippen LogP contribution in [0.3, 0.4) is 0 Å². The van der Waals surface area contributed by atoms with Crippen LogP contribution in [0.5, 0.6) is 5.75 Å². The van der Waals surface area contributed by atoms with Gasteiger partial charge in [-0.15, -0.1) is 0 Å².